The number of hydrogen-bond acceptors (Lipinski definition) is 3. The lowest BCUT2D eigenvalue weighted by Crippen LogP contribution is -2.38. The second kappa shape index (κ2) is 5.03. The third-order valence-corrected chi connectivity index (χ3v) is 5.10. The van der Waals surface area contributed by atoms with Gasteiger partial charge in [0.05, 0.1) is 12.5 Å². The monoisotopic (exact) mass is 316 g/mol. The second-order valence-corrected chi connectivity index (χ2v) is 6.14. The number of ether oxygens (including phenoxy) is 1. The van der Waals surface area contributed by atoms with Gasteiger partial charge in [-0.2, -0.15) is 0 Å². The first-order valence-electron chi connectivity index (χ1n) is 7.81. The summed E-state index contributed by atoms with van der Waals surface area (Å²) in [5, 5.41) is 0. The van der Waals surface area contributed by atoms with Crippen LogP contribution < -0.4 is 0 Å². The molecule has 0 heterocycles. The summed E-state index contributed by atoms with van der Waals surface area (Å²) in [6, 6.07) is 15.0. The van der Waals surface area contributed by atoms with E-state index in [1.807, 2.05) is 54.6 Å². The molecule has 118 valence electrons. The van der Waals surface area contributed by atoms with Crippen LogP contribution in [0.3, 0.4) is 0 Å². The van der Waals surface area contributed by atoms with Crippen molar-refractivity contribution in [2.24, 2.45) is 5.41 Å². The van der Waals surface area contributed by atoms with Gasteiger partial charge in [0.15, 0.2) is 5.78 Å². The van der Waals surface area contributed by atoms with Gasteiger partial charge in [-0.3, -0.25) is 9.59 Å². The fourth-order valence-electron chi connectivity index (χ4n) is 3.93. The van der Waals surface area contributed by atoms with E-state index in [-0.39, 0.29) is 5.78 Å². The summed E-state index contributed by atoms with van der Waals surface area (Å²) in [6.45, 7) is 4.18. The summed E-state index contributed by atoms with van der Waals surface area (Å²) in [5.41, 5.74) is 2.68. The van der Waals surface area contributed by atoms with E-state index in [0.29, 0.717) is 11.1 Å². The van der Waals surface area contributed by atoms with Crippen LogP contribution in [0.25, 0.3) is 11.6 Å². The molecule has 2 aliphatic rings. The highest BCUT2D eigenvalue weighted by Gasteiger charge is 2.57. The van der Waals surface area contributed by atoms with Crippen LogP contribution in [-0.4, -0.2) is 18.9 Å². The van der Waals surface area contributed by atoms with Crippen LogP contribution >= 0.6 is 0 Å². The van der Waals surface area contributed by atoms with Crippen molar-refractivity contribution in [3.8, 4) is 0 Å². The molecule has 0 amide bonds. The standard InChI is InChI=1S/C21H16O3/c1-13-15-8-5-6-10-17(15)18(20(23)24-2)21(13)12-11-14-7-3-4-9-16(14)19(21)22/h3-12,18H,1H2,2H3/t18-,21-/m0/s1. The number of ketones is 1. The molecule has 0 unspecified atom stereocenters. The molecule has 2 aromatic rings. The first-order chi connectivity index (χ1) is 11.6. The van der Waals surface area contributed by atoms with Crippen molar-refractivity contribution in [2.75, 3.05) is 7.11 Å². The molecule has 0 bridgehead atoms. The smallest absolute Gasteiger partial charge is 0.314 e. The van der Waals surface area contributed by atoms with E-state index in [1.165, 1.54) is 7.11 Å². The van der Waals surface area contributed by atoms with E-state index >= 15 is 0 Å². The number of esters is 1. The Hall–Kier alpha value is -2.94. The predicted octanol–water partition coefficient (Wildman–Crippen LogP) is 3.87. The van der Waals surface area contributed by atoms with Gasteiger partial charge in [-0.05, 0) is 22.3 Å². The third kappa shape index (κ3) is 1.67. The van der Waals surface area contributed by atoms with E-state index in [2.05, 4.69) is 6.58 Å². The predicted molar refractivity (Wildman–Crippen MR) is 92.5 cm³/mol. The fourth-order valence-corrected chi connectivity index (χ4v) is 3.93. The lowest BCUT2D eigenvalue weighted by molar-refractivity contribution is -0.143. The molecular formula is C21H16O3. The topological polar surface area (TPSA) is 43.4 Å². The maximum absolute atomic E-state index is 13.4. The second-order valence-electron chi connectivity index (χ2n) is 6.14. The van der Waals surface area contributed by atoms with Crippen LogP contribution in [0.5, 0.6) is 0 Å². The minimum atomic E-state index is -1.11. The van der Waals surface area contributed by atoms with Crippen LogP contribution in [0, 0.1) is 5.41 Å². The van der Waals surface area contributed by atoms with Gasteiger partial charge in [0.1, 0.15) is 5.92 Å². The Kier molecular flexibility index (Phi) is 3.07. The Morgan fingerprint density at radius 1 is 1.08 bits per heavy atom. The van der Waals surface area contributed by atoms with Gasteiger partial charge in [0, 0.05) is 5.56 Å². The molecule has 3 heteroatoms. The van der Waals surface area contributed by atoms with Gasteiger partial charge in [-0.15, -0.1) is 0 Å². The average molecular weight is 316 g/mol. The first kappa shape index (κ1) is 14.6. The molecule has 0 aromatic heterocycles. The molecule has 3 nitrogen and oxygen atoms in total. The summed E-state index contributed by atoms with van der Waals surface area (Å²) in [4.78, 5) is 26.0. The molecule has 0 fully saturated rings. The molecule has 0 aliphatic heterocycles. The van der Waals surface area contributed by atoms with Crippen molar-refractivity contribution in [3.63, 3.8) is 0 Å². The highest BCUT2D eigenvalue weighted by atomic mass is 16.5. The normalized spacial score (nSPS) is 24.0. The molecule has 4 rings (SSSR count). The zero-order valence-electron chi connectivity index (χ0n) is 13.3. The first-order valence-corrected chi connectivity index (χ1v) is 7.81. The van der Waals surface area contributed by atoms with E-state index in [4.69, 9.17) is 4.74 Å². The van der Waals surface area contributed by atoms with Crippen LogP contribution in [-0.2, 0) is 9.53 Å². The van der Waals surface area contributed by atoms with Gasteiger partial charge in [0.25, 0.3) is 0 Å². The minimum absolute atomic E-state index is 0.0998. The van der Waals surface area contributed by atoms with Crippen molar-refractivity contribution in [3.05, 3.63) is 83.4 Å². The lowest BCUT2D eigenvalue weighted by Gasteiger charge is -2.34. The minimum Gasteiger partial charge on any atom is -0.469 e. The molecule has 0 radical (unpaired) electrons. The van der Waals surface area contributed by atoms with Crippen LogP contribution in [0.4, 0.5) is 0 Å². The Balaban J connectivity index is 2.00. The van der Waals surface area contributed by atoms with Crippen LogP contribution in [0.15, 0.2) is 61.2 Å². The number of methoxy groups -OCH3 is 1. The highest BCUT2D eigenvalue weighted by Crippen LogP contribution is 2.58. The number of rotatable bonds is 1. The number of hydrogen-bond donors (Lipinski definition) is 0. The summed E-state index contributed by atoms with van der Waals surface area (Å²) >= 11 is 0. The molecule has 2 atom stereocenters. The zero-order valence-corrected chi connectivity index (χ0v) is 13.3. The molecule has 24 heavy (non-hydrogen) atoms. The maximum Gasteiger partial charge on any atom is 0.314 e. The number of benzene rings is 2. The van der Waals surface area contributed by atoms with Gasteiger partial charge in [-0.1, -0.05) is 67.3 Å². The maximum atomic E-state index is 13.4. The average Bonchev–Trinajstić information content (AvgIpc) is 2.88. The Morgan fingerprint density at radius 3 is 2.50 bits per heavy atom. The van der Waals surface area contributed by atoms with Gasteiger partial charge < -0.3 is 4.74 Å². The van der Waals surface area contributed by atoms with E-state index in [0.717, 1.165) is 16.7 Å². The van der Waals surface area contributed by atoms with Gasteiger partial charge in [-0.25, -0.2) is 0 Å². The van der Waals surface area contributed by atoms with E-state index < -0.39 is 17.3 Å². The Labute approximate surface area is 140 Å². The van der Waals surface area contributed by atoms with Crippen molar-refractivity contribution in [1.82, 2.24) is 0 Å². The van der Waals surface area contributed by atoms with Crippen LogP contribution in [0.2, 0.25) is 0 Å². The van der Waals surface area contributed by atoms with E-state index in [9.17, 15) is 9.59 Å². The molecule has 0 saturated carbocycles. The lowest BCUT2D eigenvalue weighted by atomic mass is 9.65. The summed E-state index contributed by atoms with van der Waals surface area (Å²) in [6.07, 6.45) is 3.73. The molecule has 0 N–H and O–H groups in total. The summed E-state index contributed by atoms with van der Waals surface area (Å²) in [7, 11) is 1.35. The molecular weight excluding hydrogens is 300 g/mol. The zero-order chi connectivity index (χ0) is 16.9. The van der Waals surface area contributed by atoms with Crippen LogP contribution in [0.1, 0.15) is 33.0 Å². The Bertz CT molecular complexity index is 922. The highest BCUT2D eigenvalue weighted by molar-refractivity contribution is 6.18. The van der Waals surface area contributed by atoms with E-state index in [1.54, 1.807) is 6.07 Å². The molecule has 2 aromatic carbocycles. The van der Waals surface area contributed by atoms with Gasteiger partial charge in [0.2, 0.25) is 0 Å². The molecule has 1 spiro atoms. The van der Waals surface area contributed by atoms with Gasteiger partial charge >= 0.3 is 5.97 Å². The number of carbonyl (C=O) groups excluding carboxylic acids is 2. The molecule has 0 saturated heterocycles. The summed E-state index contributed by atoms with van der Waals surface area (Å²) in [5.74, 6) is -1.22. The fraction of sp³-hybridized carbons (Fsp3) is 0.143. The molecule has 2 aliphatic carbocycles. The van der Waals surface area contributed by atoms with Crippen molar-refractivity contribution < 1.29 is 14.3 Å². The quantitative estimate of drug-likeness (QED) is 0.750. The van der Waals surface area contributed by atoms with Crippen molar-refractivity contribution >= 4 is 23.4 Å². The number of allylic oxidation sites excluding steroid dienone is 2. The largest absolute Gasteiger partial charge is 0.469 e. The summed E-state index contributed by atoms with van der Waals surface area (Å²) < 4.78 is 5.04. The number of carbonyl (C=O) groups is 2. The number of Topliss-reactive ketones (excluding diaryl/α,β-unsaturated/α-hetero) is 1. The van der Waals surface area contributed by atoms with Crippen molar-refractivity contribution in [1.29, 1.82) is 0 Å². The third-order valence-electron chi connectivity index (χ3n) is 5.10. The Morgan fingerprint density at radius 2 is 1.75 bits per heavy atom. The number of fused-ring (bicyclic) bond motifs is 2. The SMILES string of the molecule is C=C1c2ccccc2[C@@H](C(=O)OC)[C@]12C=Cc1ccccc1C2=O. The van der Waals surface area contributed by atoms with Crippen molar-refractivity contribution in [2.45, 2.75) is 5.92 Å².